The Morgan fingerprint density at radius 1 is 0.656 bits per heavy atom. The predicted molar refractivity (Wildman–Crippen MR) is 120 cm³/mol. The molecule has 2 amide bonds. The van der Waals surface area contributed by atoms with E-state index in [-0.39, 0.29) is 25.0 Å². The van der Waals surface area contributed by atoms with Crippen LogP contribution in [-0.2, 0) is 19.1 Å². The lowest BCUT2D eigenvalue weighted by atomic mass is 10.3. The van der Waals surface area contributed by atoms with E-state index >= 15 is 0 Å². The highest BCUT2D eigenvalue weighted by Gasteiger charge is 2.22. The van der Waals surface area contributed by atoms with Crippen LogP contribution in [0.1, 0.15) is 45.0 Å². The van der Waals surface area contributed by atoms with Crippen LogP contribution in [0.3, 0.4) is 0 Å². The maximum Gasteiger partial charge on any atom is 0.348 e. The minimum absolute atomic E-state index is 0.169. The number of thiophene rings is 2. The van der Waals surface area contributed by atoms with Crippen molar-refractivity contribution in [3.63, 3.8) is 0 Å². The van der Waals surface area contributed by atoms with Crippen LogP contribution in [0.15, 0.2) is 24.3 Å². The zero-order valence-electron chi connectivity index (χ0n) is 17.5. The van der Waals surface area contributed by atoms with E-state index in [1.54, 1.807) is 34.1 Å². The second-order valence-electron chi connectivity index (χ2n) is 7.66. The second kappa shape index (κ2) is 10.3. The number of hydrogen-bond acceptors (Lipinski definition) is 8. The summed E-state index contributed by atoms with van der Waals surface area (Å²) in [6.07, 6.45) is 3.94. The third kappa shape index (κ3) is 5.36. The highest BCUT2D eigenvalue weighted by Crippen LogP contribution is 2.34. The van der Waals surface area contributed by atoms with Gasteiger partial charge in [0.15, 0.2) is 13.2 Å². The maximum atomic E-state index is 12.3. The Labute approximate surface area is 193 Å². The van der Waals surface area contributed by atoms with Crippen LogP contribution >= 0.6 is 22.7 Å². The van der Waals surface area contributed by atoms with E-state index in [4.69, 9.17) is 9.47 Å². The van der Waals surface area contributed by atoms with Crippen molar-refractivity contribution < 1.29 is 28.7 Å². The molecule has 2 aromatic rings. The van der Waals surface area contributed by atoms with Gasteiger partial charge in [0.05, 0.1) is 0 Å². The molecule has 2 aliphatic heterocycles. The number of hydrogen-bond donors (Lipinski definition) is 0. The summed E-state index contributed by atoms with van der Waals surface area (Å²) in [5, 5.41) is 0. The van der Waals surface area contributed by atoms with Crippen molar-refractivity contribution in [2.45, 2.75) is 25.7 Å². The van der Waals surface area contributed by atoms with E-state index in [1.807, 2.05) is 0 Å². The first-order valence-electron chi connectivity index (χ1n) is 10.6. The van der Waals surface area contributed by atoms with Crippen LogP contribution in [0.2, 0.25) is 0 Å². The molecule has 0 radical (unpaired) electrons. The maximum absolute atomic E-state index is 12.3. The molecule has 0 aliphatic carbocycles. The van der Waals surface area contributed by atoms with Gasteiger partial charge in [-0.15, -0.1) is 22.7 Å². The fraction of sp³-hybridized carbons (Fsp3) is 0.455. The molecule has 2 saturated heterocycles. The quantitative estimate of drug-likeness (QED) is 0.571. The van der Waals surface area contributed by atoms with Crippen molar-refractivity contribution in [1.29, 1.82) is 0 Å². The average molecular weight is 477 g/mol. The largest absolute Gasteiger partial charge is 0.451 e. The number of esters is 2. The Balaban J connectivity index is 1.29. The lowest BCUT2D eigenvalue weighted by Crippen LogP contribution is -2.31. The number of ether oxygens (including phenoxy) is 2. The standard InChI is InChI=1S/C22H24N2O6S2/c25-19(23-9-1-2-10-23)13-29-21(27)17-7-5-15(31-17)16-6-8-18(32-16)22(28)30-14-20(26)24-11-3-4-12-24/h5-8H,1-4,9-14H2. The van der Waals surface area contributed by atoms with Crippen molar-refractivity contribution in [2.24, 2.45) is 0 Å². The van der Waals surface area contributed by atoms with E-state index in [0.717, 1.165) is 61.6 Å². The van der Waals surface area contributed by atoms with E-state index in [0.29, 0.717) is 9.75 Å². The summed E-state index contributed by atoms with van der Waals surface area (Å²) < 4.78 is 10.3. The minimum atomic E-state index is -0.537. The Kier molecular flexibility index (Phi) is 7.21. The van der Waals surface area contributed by atoms with Crippen molar-refractivity contribution in [2.75, 3.05) is 39.4 Å². The summed E-state index contributed by atoms with van der Waals surface area (Å²) in [6, 6.07) is 6.85. The van der Waals surface area contributed by atoms with Crippen LogP contribution < -0.4 is 0 Å². The highest BCUT2D eigenvalue weighted by atomic mass is 32.1. The fourth-order valence-corrected chi connectivity index (χ4v) is 5.56. The number of carbonyl (C=O) groups is 4. The zero-order chi connectivity index (χ0) is 22.5. The lowest BCUT2D eigenvalue weighted by molar-refractivity contribution is -0.134. The summed E-state index contributed by atoms with van der Waals surface area (Å²) in [5.41, 5.74) is 0. The van der Waals surface area contributed by atoms with Crippen LogP contribution in [0.4, 0.5) is 0 Å². The number of nitrogens with zero attached hydrogens (tertiary/aromatic N) is 2. The van der Waals surface area contributed by atoms with E-state index in [2.05, 4.69) is 0 Å². The van der Waals surface area contributed by atoms with Gasteiger partial charge in [0.25, 0.3) is 11.8 Å². The third-order valence-electron chi connectivity index (χ3n) is 5.43. The number of carbonyl (C=O) groups excluding carboxylic acids is 4. The highest BCUT2D eigenvalue weighted by molar-refractivity contribution is 7.23. The smallest absolute Gasteiger partial charge is 0.348 e. The number of amides is 2. The molecular weight excluding hydrogens is 452 g/mol. The van der Waals surface area contributed by atoms with Gasteiger partial charge in [-0.3, -0.25) is 9.59 Å². The van der Waals surface area contributed by atoms with Crippen LogP contribution in [0, 0.1) is 0 Å². The Hall–Kier alpha value is -2.72. The molecule has 0 N–H and O–H groups in total. The molecule has 0 spiro atoms. The van der Waals surface area contributed by atoms with Gasteiger partial charge in [0.1, 0.15) is 9.75 Å². The molecule has 0 unspecified atom stereocenters. The molecule has 2 fully saturated rings. The Morgan fingerprint density at radius 2 is 1.03 bits per heavy atom. The third-order valence-corrected chi connectivity index (χ3v) is 7.75. The van der Waals surface area contributed by atoms with Crippen molar-refractivity contribution in [1.82, 2.24) is 9.80 Å². The molecule has 0 aromatic carbocycles. The monoisotopic (exact) mass is 476 g/mol. The molecule has 10 heteroatoms. The van der Waals surface area contributed by atoms with Gasteiger partial charge in [-0.2, -0.15) is 0 Å². The molecule has 4 heterocycles. The van der Waals surface area contributed by atoms with Gasteiger partial charge in [-0.25, -0.2) is 9.59 Å². The molecule has 2 aromatic heterocycles. The van der Waals surface area contributed by atoms with Gasteiger partial charge in [0, 0.05) is 35.9 Å². The first-order valence-corrected chi connectivity index (χ1v) is 12.2. The molecule has 0 saturated carbocycles. The first-order chi connectivity index (χ1) is 15.5. The van der Waals surface area contributed by atoms with E-state index in [1.165, 1.54) is 22.7 Å². The zero-order valence-corrected chi connectivity index (χ0v) is 19.2. The lowest BCUT2D eigenvalue weighted by Gasteiger charge is -2.14. The normalized spacial score (nSPS) is 15.8. The predicted octanol–water partition coefficient (Wildman–Crippen LogP) is 3.04. The van der Waals surface area contributed by atoms with Crippen LogP contribution in [0.25, 0.3) is 9.75 Å². The molecule has 0 bridgehead atoms. The van der Waals surface area contributed by atoms with Gasteiger partial charge < -0.3 is 19.3 Å². The first kappa shape index (κ1) is 22.5. The Morgan fingerprint density at radius 3 is 1.41 bits per heavy atom. The molecule has 32 heavy (non-hydrogen) atoms. The summed E-state index contributed by atoms with van der Waals surface area (Å²) in [5.74, 6) is -1.41. The minimum Gasteiger partial charge on any atom is -0.451 e. The van der Waals surface area contributed by atoms with Gasteiger partial charge >= 0.3 is 11.9 Å². The molecule has 4 rings (SSSR count). The number of likely N-dealkylation sites (tertiary alicyclic amines) is 2. The van der Waals surface area contributed by atoms with E-state index in [9.17, 15) is 19.2 Å². The topological polar surface area (TPSA) is 93.2 Å². The summed E-state index contributed by atoms with van der Waals surface area (Å²) in [6.45, 7) is 2.36. The molecule has 0 atom stereocenters. The van der Waals surface area contributed by atoms with Crippen LogP contribution in [0.5, 0.6) is 0 Å². The molecule has 170 valence electrons. The summed E-state index contributed by atoms with van der Waals surface area (Å²) in [4.78, 5) is 54.5. The van der Waals surface area contributed by atoms with Gasteiger partial charge in [0.2, 0.25) is 0 Å². The summed E-state index contributed by atoms with van der Waals surface area (Å²) >= 11 is 2.47. The summed E-state index contributed by atoms with van der Waals surface area (Å²) in [7, 11) is 0. The van der Waals surface area contributed by atoms with Crippen molar-refractivity contribution in [3.05, 3.63) is 34.0 Å². The van der Waals surface area contributed by atoms with Gasteiger partial charge in [-0.1, -0.05) is 0 Å². The fourth-order valence-electron chi connectivity index (χ4n) is 3.67. The second-order valence-corrected chi connectivity index (χ2v) is 9.82. The van der Waals surface area contributed by atoms with Crippen molar-refractivity contribution in [3.8, 4) is 9.75 Å². The van der Waals surface area contributed by atoms with Crippen molar-refractivity contribution >= 4 is 46.4 Å². The average Bonchev–Trinajstić information content (AvgIpc) is 3.59. The Bertz CT molecular complexity index is 921. The molecule has 2 aliphatic rings. The molecular formula is C22H24N2O6S2. The van der Waals surface area contributed by atoms with Crippen LogP contribution in [-0.4, -0.2) is 72.9 Å². The van der Waals surface area contributed by atoms with E-state index < -0.39 is 11.9 Å². The molecule has 8 nitrogen and oxygen atoms in total. The number of rotatable bonds is 7. The SMILES string of the molecule is O=C(OCC(=O)N1CCCC1)c1ccc(-c2ccc(C(=O)OCC(=O)N3CCCC3)s2)s1. The van der Waals surface area contributed by atoms with Gasteiger partial charge in [-0.05, 0) is 49.9 Å².